The van der Waals surface area contributed by atoms with Crippen LogP contribution in [0.4, 0.5) is 5.69 Å². The number of carbonyl (C=O) groups excluding carboxylic acids is 1. The fourth-order valence-corrected chi connectivity index (χ4v) is 2.86. The SMILES string of the molecule is O=C(Cc1ccccc1Cl)Nc1cccc(-c2ccc3nncn3n2)c1. The number of aromatic nitrogens is 4. The van der Waals surface area contributed by atoms with Gasteiger partial charge in [-0.1, -0.05) is 41.9 Å². The fourth-order valence-electron chi connectivity index (χ4n) is 2.66. The van der Waals surface area contributed by atoms with E-state index in [9.17, 15) is 4.79 Å². The second-order valence-electron chi connectivity index (χ2n) is 5.75. The maximum atomic E-state index is 12.3. The lowest BCUT2D eigenvalue weighted by atomic mass is 10.1. The van der Waals surface area contributed by atoms with Crippen molar-refractivity contribution in [3.05, 3.63) is 77.6 Å². The topological polar surface area (TPSA) is 72.2 Å². The number of halogens is 1. The maximum Gasteiger partial charge on any atom is 0.228 e. The molecule has 0 saturated heterocycles. The molecule has 0 fully saturated rings. The number of benzene rings is 2. The molecule has 0 aliphatic carbocycles. The predicted molar refractivity (Wildman–Crippen MR) is 100 cm³/mol. The Labute approximate surface area is 154 Å². The zero-order valence-corrected chi connectivity index (χ0v) is 14.4. The number of nitrogens with one attached hydrogen (secondary N) is 1. The van der Waals surface area contributed by atoms with E-state index in [2.05, 4.69) is 20.6 Å². The molecule has 7 heteroatoms. The molecule has 2 heterocycles. The summed E-state index contributed by atoms with van der Waals surface area (Å²) >= 11 is 6.11. The molecule has 0 radical (unpaired) electrons. The Morgan fingerprint density at radius 3 is 2.85 bits per heavy atom. The third-order valence-corrected chi connectivity index (χ3v) is 4.28. The van der Waals surface area contributed by atoms with Gasteiger partial charge in [0.2, 0.25) is 5.91 Å². The van der Waals surface area contributed by atoms with Crippen molar-refractivity contribution in [2.75, 3.05) is 5.32 Å². The minimum absolute atomic E-state index is 0.127. The van der Waals surface area contributed by atoms with Crippen LogP contribution in [-0.2, 0) is 11.2 Å². The van der Waals surface area contributed by atoms with Crippen molar-refractivity contribution in [2.24, 2.45) is 0 Å². The van der Waals surface area contributed by atoms with Crippen molar-refractivity contribution in [2.45, 2.75) is 6.42 Å². The Kier molecular flexibility index (Phi) is 4.33. The molecular weight excluding hydrogens is 350 g/mol. The lowest BCUT2D eigenvalue weighted by Gasteiger charge is -2.08. The Hall–Kier alpha value is -3.25. The molecule has 4 aromatic rings. The first-order valence-corrected chi connectivity index (χ1v) is 8.37. The average molecular weight is 364 g/mol. The van der Waals surface area contributed by atoms with Gasteiger partial charge in [-0.15, -0.1) is 10.2 Å². The van der Waals surface area contributed by atoms with Crippen LogP contribution in [0.5, 0.6) is 0 Å². The fraction of sp³-hybridized carbons (Fsp3) is 0.0526. The summed E-state index contributed by atoms with van der Waals surface area (Å²) in [7, 11) is 0. The van der Waals surface area contributed by atoms with Crippen molar-refractivity contribution in [3.8, 4) is 11.3 Å². The largest absolute Gasteiger partial charge is 0.326 e. The minimum Gasteiger partial charge on any atom is -0.326 e. The van der Waals surface area contributed by atoms with Gasteiger partial charge in [0.15, 0.2) is 5.65 Å². The summed E-state index contributed by atoms with van der Waals surface area (Å²) < 4.78 is 1.61. The van der Waals surface area contributed by atoms with Crippen molar-refractivity contribution in [1.29, 1.82) is 0 Å². The molecular formula is C19H14ClN5O. The van der Waals surface area contributed by atoms with Crippen molar-refractivity contribution < 1.29 is 4.79 Å². The Morgan fingerprint density at radius 2 is 1.96 bits per heavy atom. The molecule has 0 spiro atoms. The van der Waals surface area contributed by atoms with E-state index < -0.39 is 0 Å². The molecule has 1 amide bonds. The van der Waals surface area contributed by atoms with Crippen LogP contribution >= 0.6 is 11.6 Å². The minimum atomic E-state index is -0.127. The van der Waals surface area contributed by atoms with E-state index in [1.165, 1.54) is 0 Å². The average Bonchev–Trinajstić information content (AvgIpc) is 3.11. The van der Waals surface area contributed by atoms with Gasteiger partial charge in [0.25, 0.3) is 0 Å². The van der Waals surface area contributed by atoms with E-state index in [4.69, 9.17) is 11.6 Å². The molecule has 4 rings (SSSR count). The van der Waals surface area contributed by atoms with Gasteiger partial charge in [0, 0.05) is 16.3 Å². The summed E-state index contributed by atoms with van der Waals surface area (Å²) in [6.45, 7) is 0. The quantitative estimate of drug-likeness (QED) is 0.601. The molecule has 0 aliphatic rings. The van der Waals surface area contributed by atoms with Gasteiger partial charge in [0.1, 0.15) is 6.33 Å². The predicted octanol–water partition coefficient (Wildman–Crippen LogP) is 3.63. The van der Waals surface area contributed by atoms with Crippen molar-refractivity contribution in [3.63, 3.8) is 0 Å². The normalized spacial score (nSPS) is 10.8. The molecule has 0 saturated carbocycles. The second-order valence-corrected chi connectivity index (χ2v) is 6.16. The summed E-state index contributed by atoms with van der Waals surface area (Å²) in [5, 5.41) is 15.7. The van der Waals surface area contributed by atoms with Gasteiger partial charge >= 0.3 is 0 Å². The highest BCUT2D eigenvalue weighted by molar-refractivity contribution is 6.31. The van der Waals surface area contributed by atoms with Crippen LogP contribution < -0.4 is 5.32 Å². The van der Waals surface area contributed by atoms with Crippen LogP contribution in [-0.4, -0.2) is 25.7 Å². The van der Waals surface area contributed by atoms with Crippen molar-refractivity contribution >= 4 is 28.8 Å². The Balaban J connectivity index is 1.54. The number of fused-ring (bicyclic) bond motifs is 1. The van der Waals surface area contributed by atoms with Crippen LogP contribution in [0.3, 0.4) is 0 Å². The standard InChI is InChI=1S/C19H14ClN5O/c20-16-7-2-1-4-13(16)11-19(26)22-15-6-3-5-14(10-15)17-8-9-18-23-21-12-25(18)24-17/h1-10,12H,11H2,(H,22,26). The molecule has 0 atom stereocenters. The smallest absolute Gasteiger partial charge is 0.228 e. The number of nitrogens with zero attached hydrogens (tertiary/aromatic N) is 4. The van der Waals surface area contributed by atoms with Gasteiger partial charge in [-0.3, -0.25) is 4.79 Å². The molecule has 128 valence electrons. The zero-order valence-electron chi connectivity index (χ0n) is 13.6. The third-order valence-electron chi connectivity index (χ3n) is 3.91. The third kappa shape index (κ3) is 3.41. The van der Waals surface area contributed by atoms with E-state index in [1.54, 1.807) is 16.9 Å². The molecule has 0 aliphatic heterocycles. The van der Waals surface area contributed by atoms with Gasteiger partial charge in [0.05, 0.1) is 12.1 Å². The highest BCUT2D eigenvalue weighted by Crippen LogP contribution is 2.22. The number of amides is 1. The number of anilines is 1. The monoisotopic (exact) mass is 363 g/mol. The molecule has 0 bridgehead atoms. The van der Waals surface area contributed by atoms with E-state index in [0.717, 1.165) is 16.8 Å². The van der Waals surface area contributed by atoms with E-state index in [-0.39, 0.29) is 12.3 Å². The lowest BCUT2D eigenvalue weighted by molar-refractivity contribution is -0.115. The molecule has 2 aromatic carbocycles. The highest BCUT2D eigenvalue weighted by Gasteiger charge is 2.09. The first kappa shape index (κ1) is 16.2. The molecule has 26 heavy (non-hydrogen) atoms. The van der Waals surface area contributed by atoms with Crippen molar-refractivity contribution in [1.82, 2.24) is 19.8 Å². The molecule has 2 aromatic heterocycles. The number of rotatable bonds is 4. The van der Waals surface area contributed by atoms with E-state index in [0.29, 0.717) is 16.4 Å². The summed E-state index contributed by atoms with van der Waals surface area (Å²) in [6, 6.07) is 18.6. The van der Waals surface area contributed by atoms with Crippen LogP contribution in [0.25, 0.3) is 16.9 Å². The van der Waals surface area contributed by atoms with E-state index >= 15 is 0 Å². The number of carbonyl (C=O) groups is 1. The summed E-state index contributed by atoms with van der Waals surface area (Å²) in [5.41, 5.74) is 3.82. The first-order valence-electron chi connectivity index (χ1n) is 8.00. The number of hydrogen-bond donors (Lipinski definition) is 1. The summed E-state index contributed by atoms with van der Waals surface area (Å²) in [4.78, 5) is 12.3. The molecule has 6 nitrogen and oxygen atoms in total. The Bertz CT molecular complexity index is 1090. The molecule has 1 N–H and O–H groups in total. The Morgan fingerprint density at radius 1 is 1.08 bits per heavy atom. The maximum absolute atomic E-state index is 12.3. The van der Waals surface area contributed by atoms with Crippen LogP contribution in [0.2, 0.25) is 5.02 Å². The van der Waals surface area contributed by atoms with Gasteiger partial charge in [-0.2, -0.15) is 9.61 Å². The summed E-state index contributed by atoms with van der Waals surface area (Å²) in [5.74, 6) is -0.127. The first-order chi connectivity index (χ1) is 12.7. The van der Waals surface area contributed by atoms with Crippen LogP contribution in [0, 0.1) is 0 Å². The van der Waals surface area contributed by atoms with Gasteiger partial charge in [-0.25, -0.2) is 0 Å². The molecule has 0 unspecified atom stereocenters. The summed E-state index contributed by atoms with van der Waals surface area (Å²) in [6.07, 6.45) is 1.77. The lowest BCUT2D eigenvalue weighted by Crippen LogP contribution is -2.14. The van der Waals surface area contributed by atoms with Crippen LogP contribution in [0.15, 0.2) is 67.0 Å². The van der Waals surface area contributed by atoms with E-state index in [1.807, 2.05) is 54.6 Å². The highest BCUT2D eigenvalue weighted by atomic mass is 35.5. The second kappa shape index (κ2) is 6.93. The van der Waals surface area contributed by atoms with Gasteiger partial charge < -0.3 is 5.32 Å². The van der Waals surface area contributed by atoms with Crippen LogP contribution in [0.1, 0.15) is 5.56 Å². The van der Waals surface area contributed by atoms with Gasteiger partial charge in [-0.05, 0) is 35.9 Å². The zero-order chi connectivity index (χ0) is 17.9. The number of hydrogen-bond acceptors (Lipinski definition) is 4.